The molecule has 1 saturated heterocycles. The molecule has 2 aromatic heterocycles. The van der Waals surface area contributed by atoms with Gasteiger partial charge in [0.2, 0.25) is 0 Å². The monoisotopic (exact) mass is 432 g/mol. The van der Waals surface area contributed by atoms with Gasteiger partial charge in [0.05, 0.1) is 0 Å². The molecule has 7 nitrogen and oxygen atoms in total. The summed E-state index contributed by atoms with van der Waals surface area (Å²) < 4.78 is 40.3. The van der Waals surface area contributed by atoms with Gasteiger partial charge in [0.15, 0.2) is 16.6 Å². The van der Waals surface area contributed by atoms with Gasteiger partial charge in [0, 0.05) is 5.69 Å². The Labute approximate surface area is 174 Å². The van der Waals surface area contributed by atoms with E-state index in [0.717, 1.165) is 17.7 Å². The summed E-state index contributed by atoms with van der Waals surface area (Å²) in [6, 6.07) is 10.4. The Morgan fingerprint density at radius 3 is 2.37 bits per heavy atom. The van der Waals surface area contributed by atoms with Gasteiger partial charge in [0.25, 0.3) is 11.7 Å². The normalized spacial score (nSPS) is 18.5. The summed E-state index contributed by atoms with van der Waals surface area (Å²) in [7, 11) is 0. The van der Waals surface area contributed by atoms with Gasteiger partial charge in [-0.05, 0) is 62.7 Å². The highest BCUT2D eigenvalue weighted by Crippen LogP contribution is 2.47. The van der Waals surface area contributed by atoms with Crippen molar-refractivity contribution < 1.29 is 18.0 Å². The second kappa shape index (κ2) is 6.21. The van der Waals surface area contributed by atoms with E-state index in [1.165, 1.54) is 17.0 Å². The van der Waals surface area contributed by atoms with Crippen LogP contribution in [0.4, 0.5) is 24.7 Å². The lowest BCUT2D eigenvalue weighted by molar-refractivity contribution is -0.146. The lowest BCUT2D eigenvalue weighted by Gasteiger charge is -2.43. The standard InChI is InChI=1S/C19H15F3N6OS/c1-11-3-5-12(6-4-11)27-17(30)26(16(29)18(27)9-2-10-18)14-8-7-13-23-24-15(19(20,21)22)28(13)25-14/h3-8H,2,9-10H2,1H3. The first-order valence-electron chi connectivity index (χ1n) is 9.27. The molecular formula is C19H15F3N6OS. The van der Waals surface area contributed by atoms with E-state index in [0.29, 0.717) is 17.4 Å². The molecule has 1 saturated carbocycles. The zero-order valence-electron chi connectivity index (χ0n) is 15.7. The number of aromatic nitrogens is 4. The lowest BCUT2D eigenvalue weighted by atomic mass is 9.75. The average molecular weight is 432 g/mol. The van der Waals surface area contributed by atoms with Crippen LogP contribution < -0.4 is 9.80 Å². The first-order chi connectivity index (χ1) is 14.2. The van der Waals surface area contributed by atoms with Crippen molar-refractivity contribution in [3.8, 4) is 0 Å². The van der Waals surface area contributed by atoms with Crippen molar-refractivity contribution in [1.82, 2.24) is 19.8 Å². The third-order valence-electron chi connectivity index (χ3n) is 5.62. The van der Waals surface area contributed by atoms with Gasteiger partial charge < -0.3 is 4.90 Å². The summed E-state index contributed by atoms with van der Waals surface area (Å²) >= 11 is 5.62. The zero-order valence-corrected chi connectivity index (χ0v) is 16.5. The quantitative estimate of drug-likeness (QED) is 0.578. The van der Waals surface area contributed by atoms with Gasteiger partial charge in [-0.2, -0.15) is 17.7 Å². The van der Waals surface area contributed by atoms with E-state index in [1.807, 2.05) is 31.2 Å². The summed E-state index contributed by atoms with van der Waals surface area (Å²) in [5.74, 6) is -1.54. The molecule has 3 aromatic rings. The molecule has 1 aliphatic heterocycles. The maximum Gasteiger partial charge on any atom is 0.453 e. The van der Waals surface area contributed by atoms with Crippen molar-refractivity contribution in [1.29, 1.82) is 0 Å². The maximum absolute atomic E-state index is 13.4. The van der Waals surface area contributed by atoms with Gasteiger partial charge in [-0.15, -0.1) is 15.3 Å². The predicted octanol–water partition coefficient (Wildman–Crippen LogP) is 3.51. The first kappa shape index (κ1) is 18.9. The fourth-order valence-electron chi connectivity index (χ4n) is 3.95. The molecule has 1 amide bonds. The van der Waals surface area contributed by atoms with Gasteiger partial charge in [-0.25, -0.2) is 4.90 Å². The Morgan fingerprint density at radius 1 is 1.07 bits per heavy atom. The van der Waals surface area contributed by atoms with Gasteiger partial charge >= 0.3 is 6.18 Å². The number of aryl methyl sites for hydroxylation is 1. The molecule has 0 bridgehead atoms. The number of carbonyl (C=O) groups excluding carboxylic acids is 1. The minimum atomic E-state index is -4.73. The van der Waals surface area contributed by atoms with Crippen LogP contribution in [-0.4, -0.2) is 36.4 Å². The molecule has 1 aliphatic carbocycles. The van der Waals surface area contributed by atoms with Crippen LogP contribution in [0.2, 0.25) is 0 Å². The van der Waals surface area contributed by atoms with E-state index in [4.69, 9.17) is 12.2 Å². The molecule has 3 heterocycles. The van der Waals surface area contributed by atoms with Crippen LogP contribution in [0.5, 0.6) is 0 Å². The van der Waals surface area contributed by atoms with Gasteiger partial charge in [-0.1, -0.05) is 17.7 Å². The first-order valence-corrected chi connectivity index (χ1v) is 9.68. The number of benzene rings is 1. The van der Waals surface area contributed by atoms with Crippen LogP contribution in [-0.2, 0) is 11.0 Å². The number of halogens is 3. The smallest absolute Gasteiger partial charge is 0.303 e. The molecule has 154 valence electrons. The Balaban J connectivity index is 1.62. The molecule has 0 N–H and O–H groups in total. The number of thiocarbonyl (C=S) groups is 1. The summed E-state index contributed by atoms with van der Waals surface area (Å²) in [5.41, 5.74) is 0.928. The highest BCUT2D eigenvalue weighted by molar-refractivity contribution is 7.81. The third kappa shape index (κ3) is 2.54. The van der Waals surface area contributed by atoms with E-state index < -0.39 is 17.5 Å². The molecule has 1 spiro atoms. The number of amides is 1. The van der Waals surface area contributed by atoms with Crippen molar-refractivity contribution in [3.63, 3.8) is 0 Å². The van der Waals surface area contributed by atoms with Crippen molar-refractivity contribution in [3.05, 3.63) is 47.8 Å². The SMILES string of the molecule is Cc1ccc(N2C(=S)N(c3ccc4nnc(C(F)(F)F)n4n3)C(=O)C23CCC3)cc1. The van der Waals surface area contributed by atoms with E-state index in [1.54, 1.807) is 4.90 Å². The lowest BCUT2D eigenvalue weighted by Crippen LogP contribution is -2.55. The second-order valence-corrected chi connectivity index (χ2v) is 7.83. The van der Waals surface area contributed by atoms with E-state index >= 15 is 0 Å². The van der Waals surface area contributed by atoms with Gasteiger partial charge in [0.1, 0.15) is 5.54 Å². The van der Waals surface area contributed by atoms with Crippen LogP contribution in [0, 0.1) is 6.92 Å². The Kier molecular flexibility index (Phi) is 3.91. The molecular weight excluding hydrogens is 417 g/mol. The zero-order chi connectivity index (χ0) is 21.3. The summed E-state index contributed by atoms with van der Waals surface area (Å²) in [6.07, 6.45) is -2.65. The molecule has 5 rings (SSSR count). The number of anilines is 2. The van der Waals surface area contributed by atoms with E-state index in [9.17, 15) is 18.0 Å². The van der Waals surface area contributed by atoms with Gasteiger partial charge in [-0.3, -0.25) is 4.79 Å². The minimum absolute atomic E-state index is 0.00341. The highest BCUT2D eigenvalue weighted by atomic mass is 32.1. The average Bonchev–Trinajstić information content (AvgIpc) is 3.18. The van der Waals surface area contributed by atoms with Crippen molar-refractivity contribution >= 4 is 40.4 Å². The van der Waals surface area contributed by atoms with Crippen LogP contribution >= 0.6 is 12.2 Å². The van der Waals surface area contributed by atoms with Crippen LogP contribution in [0.1, 0.15) is 30.7 Å². The third-order valence-corrected chi connectivity index (χ3v) is 5.98. The molecule has 0 atom stereocenters. The van der Waals surface area contributed by atoms with Crippen LogP contribution in [0.25, 0.3) is 5.65 Å². The molecule has 1 aromatic carbocycles. The van der Waals surface area contributed by atoms with Crippen molar-refractivity contribution in [2.45, 2.75) is 37.9 Å². The molecule has 2 fully saturated rings. The Morgan fingerprint density at radius 2 is 1.77 bits per heavy atom. The molecule has 30 heavy (non-hydrogen) atoms. The summed E-state index contributed by atoms with van der Waals surface area (Å²) in [4.78, 5) is 16.4. The van der Waals surface area contributed by atoms with Crippen LogP contribution in [0.15, 0.2) is 36.4 Å². The predicted molar refractivity (Wildman–Crippen MR) is 106 cm³/mol. The number of rotatable bonds is 2. The second-order valence-electron chi connectivity index (χ2n) is 7.46. The fourth-order valence-corrected chi connectivity index (χ4v) is 4.41. The van der Waals surface area contributed by atoms with Crippen molar-refractivity contribution in [2.75, 3.05) is 9.80 Å². The molecule has 0 unspecified atom stereocenters. The van der Waals surface area contributed by atoms with E-state index in [2.05, 4.69) is 15.3 Å². The molecule has 2 aliphatic rings. The fraction of sp³-hybridized carbons (Fsp3) is 0.316. The topological polar surface area (TPSA) is 66.6 Å². The summed E-state index contributed by atoms with van der Waals surface area (Å²) in [5, 5.41) is 10.9. The van der Waals surface area contributed by atoms with Crippen molar-refractivity contribution in [2.24, 2.45) is 0 Å². The number of fused-ring (bicyclic) bond motifs is 1. The minimum Gasteiger partial charge on any atom is -0.303 e. The number of hydrogen-bond donors (Lipinski definition) is 0. The molecule has 11 heteroatoms. The number of alkyl halides is 3. The Bertz CT molecular complexity index is 1190. The number of hydrogen-bond acceptors (Lipinski definition) is 5. The molecule has 0 radical (unpaired) electrons. The number of carbonyl (C=O) groups is 1. The highest BCUT2D eigenvalue weighted by Gasteiger charge is 2.60. The largest absolute Gasteiger partial charge is 0.453 e. The Hall–Kier alpha value is -3.08. The number of nitrogens with zero attached hydrogens (tertiary/aromatic N) is 6. The van der Waals surface area contributed by atoms with E-state index in [-0.39, 0.29) is 22.5 Å². The maximum atomic E-state index is 13.4. The van der Waals surface area contributed by atoms with Crippen LogP contribution in [0.3, 0.4) is 0 Å². The summed E-state index contributed by atoms with van der Waals surface area (Å²) in [6.45, 7) is 1.96.